The van der Waals surface area contributed by atoms with Gasteiger partial charge in [-0.05, 0) is 57.9 Å². The summed E-state index contributed by atoms with van der Waals surface area (Å²) in [6, 6.07) is 6.60. The molecule has 1 unspecified atom stereocenters. The molecular weight excluding hydrogens is 447 g/mol. The van der Waals surface area contributed by atoms with Crippen LogP contribution in [0.5, 0.6) is 5.88 Å². The van der Waals surface area contributed by atoms with Gasteiger partial charge in [0.25, 0.3) is 0 Å². The molecule has 0 bridgehead atoms. The van der Waals surface area contributed by atoms with E-state index in [1.54, 1.807) is 30.7 Å². The first-order valence-corrected chi connectivity index (χ1v) is 12.5. The maximum absolute atomic E-state index is 14.7. The Bertz CT molecular complexity index is 1290. The third-order valence-electron chi connectivity index (χ3n) is 6.25. The van der Waals surface area contributed by atoms with Gasteiger partial charge in [0.1, 0.15) is 11.4 Å². The number of hydrogen-bond acceptors (Lipinski definition) is 6. The molecule has 2 aromatic heterocycles. The number of rotatable bonds is 6. The Morgan fingerprint density at radius 3 is 2.73 bits per heavy atom. The Morgan fingerprint density at radius 1 is 1.30 bits per heavy atom. The molecule has 3 aromatic rings. The van der Waals surface area contributed by atoms with Crippen LogP contribution in [-0.4, -0.2) is 58.0 Å². The molecule has 8 nitrogen and oxygen atoms in total. The average molecular weight is 477 g/mol. The highest BCUT2D eigenvalue weighted by Crippen LogP contribution is 2.39. The smallest absolute Gasteiger partial charge is 0.219 e. The fourth-order valence-corrected chi connectivity index (χ4v) is 5.75. The number of aliphatic hydroxyl groups is 1. The summed E-state index contributed by atoms with van der Waals surface area (Å²) in [5, 5.41) is 15.5. The Hall–Kier alpha value is -2.56. The fourth-order valence-electron chi connectivity index (χ4n) is 4.38. The van der Waals surface area contributed by atoms with E-state index in [1.807, 2.05) is 13.0 Å². The van der Waals surface area contributed by atoms with Crippen molar-refractivity contribution < 1.29 is 22.7 Å². The number of methoxy groups -OCH3 is 1. The molecule has 178 valence electrons. The molecule has 1 aliphatic heterocycles. The van der Waals surface area contributed by atoms with Crippen molar-refractivity contribution in [3.63, 3.8) is 0 Å². The van der Waals surface area contributed by atoms with Crippen LogP contribution in [-0.2, 0) is 22.2 Å². The molecule has 1 atom stereocenters. The van der Waals surface area contributed by atoms with Crippen LogP contribution in [0.15, 0.2) is 30.5 Å². The van der Waals surface area contributed by atoms with Gasteiger partial charge in [-0.3, -0.25) is 4.68 Å². The molecule has 1 aliphatic rings. The van der Waals surface area contributed by atoms with E-state index >= 15 is 0 Å². The number of β-amino-alcohol motifs (C(OH)–C–C–N with tert-alkyl or cyclic N) is 1. The zero-order chi connectivity index (χ0) is 24.0. The molecule has 0 saturated carbocycles. The monoisotopic (exact) mass is 476 g/mol. The predicted octanol–water partition coefficient (Wildman–Crippen LogP) is 3.29. The van der Waals surface area contributed by atoms with Gasteiger partial charge < -0.3 is 9.84 Å². The van der Waals surface area contributed by atoms with E-state index in [4.69, 9.17) is 4.74 Å². The van der Waals surface area contributed by atoms with Gasteiger partial charge in [0.2, 0.25) is 15.9 Å². The van der Waals surface area contributed by atoms with Crippen LogP contribution in [0, 0.1) is 5.82 Å². The summed E-state index contributed by atoms with van der Waals surface area (Å²) < 4.78 is 48.6. The summed E-state index contributed by atoms with van der Waals surface area (Å²) >= 11 is 0. The first kappa shape index (κ1) is 23.6. The predicted molar refractivity (Wildman–Crippen MR) is 124 cm³/mol. The average Bonchev–Trinajstić information content (AvgIpc) is 3.22. The van der Waals surface area contributed by atoms with Crippen molar-refractivity contribution in [1.29, 1.82) is 0 Å². The molecule has 1 saturated heterocycles. The second kappa shape index (κ2) is 8.66. The lowest BCUT2D eigenvalue weighted by Crippen LogP contribution is -2.50. The zero-order valence-corrected chi connectivity index (χ0v) is 20.1. The standard InChI is InChI=1S/C23H29FN4O4S/c1-5-28-21-12-16(11-19(24)17(21)13-25-28)20-8-7-18(22(26-20)32-4)23(29)9-6-10-27(14-23)33(30,31)15(2)3/h7-8,11-13,15,29H,5-6,9-10,14H2,1-4H3. The summed E-state index contributed by atoms with van der Waals surface area (Å²) in [7, 11) is -2.07. The van der Waals surface area contributed by atoms with E-state index in [-0.39, 0.29) is 12.4 Å². The van der Waals surface area contributed by atoms with Gasteiger partial charge in [0.05, 0.1) is 35.2 Å². The van der Waals surface area contributed by atoms with Crippen molar-refractivity contribution in [2.75, 3.05) is 20.2 Å². The quantitative estimate of drug-likeness (QED) is 0.586. The molecule has 1 aromatic carbocycles. The molecule has 10 heteroatoms. The van der Waals surface area contributed by atoms with Crippen LogP contribution in [0.4, 0.5) is 4.39 Å². The van der Waals surface area contributed by atoms with Crippen LogP contribution in [0.25, 0.3) is 22.2 Å². The van der Waals surface area contributed by atoms with Gasteiger partial charge in [-0.25, -0.2) is 17.8 Å². The van der Waals surface area contributed by atoms with Crippen molar-refractivity contribution in [3.8, 4) is 17.1 Å². The van der Waals surface area contributed by atoms with Gasteiger partial charge in [0, 0.05) is 30.8 Å². The minimum Gasteiger partial charge on any atom is -0.481 e. The van der Waals surface area contributed by atoms with E-state index in [0.717, 1.165) is 0 Å². The second-order valence-corrected chi connectivity index (χ2v) is 11.2. The lowest BCUT2D eigenvalue weighted by molar-refractivity contribution is -0.0147. The topological polar surface area (TPSA) is 97.6 Å². The molecule has 0 aliphatic carbocycles. The highest BCUT2D eigenvalue weighted by atomic mass is 32.2. The number of hydrogen-bond donors (Lipinski definition) is 1. The van der Waals surface area contributed by atoms with Crippen molar-refractivity contribution in [2.24, 2.45) is 0 Å². The number of aryl methyl sites for hydroxylation is 1. The van der Waals surface area contributed by atoms with Crippen LogP contribution in [0.1, 0.15) is 39.2 Å². The Labute approximate surface area is 193 Å². The molecule has 0 amide bonds. The van der Waals surface area contributed by atoms with E-state index in [1.165, 1.54) is 23.7 Å². The summed E-state index contributed by atoms with van der Waals surface area (Å²) in [5.74, 6) is -0.212. The first-order valence-electron chi connectivity index (χ1n) is 11.0. The van der Waals surface area contributed by atoms with Crippen LogP contribution in [0.2, 0.25) is 0 Å². The molecule has 1 fully saturated rings. The van der Waals surface area contributed by atoms with E-state index < -0.39 is 26.7 Å². The molecule has 0 spiro atoms. The molecule has 0 radical (unpaired) electrons. The van der Waals surface area contributed by atoms with Gasteiger partial charge in [-0.2, -0.15) is 9.40 Å². The maximum atomic E-state index is 14.7. The Balaban J connectivity index is 1.74. The summed E-state index contributed by atoms with van der Waals surface area (Å²) in [5.41, 5.74) is 0.675. The number of nitrogens with zero attached hydrogens (tertiary/aromatic N) is 4. The number of ether oxygens (including phenoxy) is 1. The zero-order valence-electron chi connectivity index (χ0n) is 19.2. The number of sulfonamides is 1. The number of piperidine rings is 1. The summed E-state index contributed by atoms with van der Waals surface area (Å²) in [6.07, 6.45) is 2.39. The van der Waals surface area contributed by atoms with Crippen LogP contribution in [0.3, 0.4) is 0 Å². The lowest BCUT2D eigenvalue weighted by Gasteiger charge is -2.39. The van der Waals surface area contributed by atoms with Crippen LogP contribution < -0.4 is 4.74 Å². The van der Waals surface area contributed by atoms with Gasteiger partial charge in [-0.15, -0.1) is 0 Å². The summed E-state index contributed by atoms with van der Waals surface area (Å²) in [6.45, 7) is 6.08. The number of fused-ring (bicyclic) bond motifs is 1. The highest BCUT2D eigenvalue weighted by Gasteiger charge is 2.42. The molecule has 3 heterocycles. The van der Waals surface area contributed by atoms with Crippen molar-refractivity contribution in [3.05, 3.63) is 41.8 Å². The fraction of sp³-hybridized carbons (Fsp3) is 0.478. The van der Waals surface area contributed by atoms with E-state index in [0.29, 0.717) is 53.7 Å². The van der Waals surface area contributed by atoms with Crippen molar-refractivity contribution in [2.45, 2.75) is 51.0 Å². The SMILES string of the molecule is CCn1ncc2c(F)cc(-c3ccc(C4(O)CCCN(S(=O)(=O)C(C)C)C4)c(OC)n3)cc21. The lowest BCUT2D eigenvalue weighted by atomic mass is 9.87. The molecule has 1 N–H and O–H groups in total. The third-order valence-corrected chi connectivity index (χ3v) is 8.48. The normalized spacial score (nSPS) is 20.0. The van der Waals surface area contributed by atoms with Crippen molar-refractivity contribution in [1.82, 2.24) is 19.1 Å². The Morgan fingerprint density at radius 2 is 2.06 bits per heavy atom. The van der Waals surface area contributed by atoms with Crippen molar-refractivity contribution >= 4 is 20.9 Å². The van der Waals surface area contributed by atoms with Gasteiger partial charge >= 0.3 is 0 Å². The number of benzene rings is 1. The molecule has 4 rings (SSSR count). The minimum absolute atomic E-state index is 0.0683. The maximum Gasteiger partial charge on any atom is 0.219 e. The Kier molecular flexibility index (Phi) is 6.19. The third kappa shape index (κ3) is 4.11. The van der Waals surface area contributed by atoms with Gasteiger partial charge in [-0.1, -0.05) is 0 Å². The van der Waals surface area contributed by atoms with Gasteiger partial charge in [0.15, 0.2) is 0 Å². The number of halogens is 1. The second-order valence-electron chi connectivity index (χ2n) is 8.67. The van der Waals surface area contributed by atoms with E-state index in [9.17, 15) is 17.9 Å². The van der Waals surface area contributed by atoms with E-state index in [2.05, 4.69) is 10.1 Å². The number of pyridine rings is 1. The molecular formula is C23H29FN4O4S. The molecule has 33 heavy (non-hydrogen) atoms. The van der Waals surface area contributed by atoms with Crippen LogP contribution >= 0.6 is 0 Å². The number of aromatic nitrogens is 3. The highest BCUT2D eigenvalue weighted by molar-refractivity contribution is 7.89. The first-order chi connectivity index (χ1) is 15.6. The summed E-state index contributed by atoms with van der Waals surface area (Å²) in [4.78, 5) is 4.55. The largest absolute Gasteiger partial charge is 0.481 e. The minimum atomic E-state index is -3.51.